The molecule has 0 aliphatic heterocycles. The first kappa shape index (κ1) is 17.5. The molecule has 2 rings (SSSR count). The molecular weight excluding hydrogens is 308 g/mol. The Bertz CT molecular complexity index is 608. The highest BCUT2D eigenvalue weighted by Crippen LogP contribution is 2.25. The molecule has 1 aromatic heterocycles. The summed E-state index contributed by atoms with van der Waals surface area (Å²) in [7, 11) is 0. The van der Waals surface area contributed by atoms with Crippen molar-refractivity contribution in [1.29, 1.82) is 0 Å². The number of rotatable bonds is 9. The lowest BCUT2D eigenvalue weighted by atomic mass is 10.2. The van der Waals surface area contributed by atoms with E-state index in [0.717, 1.165) is 35.7 Å². The average molecular weight is 332 g/mol. The Kier molecular flexibility index (Phi) is 7.07. The molecule has 1 amide bonds. The van der Waals surface area contributed by atoms with Gasteiger partial charge < -0.3 is 10.1 Å². The van der Waals surface area contributed by atoms with Crippen LogP contribution in [-0.4, -0.2) is 24.0 Å². The second-order valence-corrected chi connectivity index (χ2v) is 6.38. The molecule has 0 spiro atoms. The third-order valence-corrected chi connectivity index (χ3v) is 4.45. The highest BCUT2D eigenvalue weighted by molar-refractivity contribution is 7.13. The van der Waals surface area contributed by atoms with E-state index < -0.39 is 0 Å². The first-order valence-electron chi connectivity index (χ1n) is 8.11. The maximum Gasteiger partial charge on any atom is 0.257 e. The Hall–Kier alpha value is -1.88. The number of ether oxygens (including phenoxy) is 1. The average Bonchev–Trinajstić information content (AvgIpc) is 3.00. The molecule has 0 saturated heterocycles. The number of nitrogens with zero attached hydrogens (tertiary/aromatic N) is 1. The summed E-state index contributed by atoms with van der Waals surface area (Å²) in [5.41, 5.74) is 2.09. The summed E-state index contributed by atoms with van der Waals surface area (Å²) in [5, 5.41) is 5.91. The van der Waals surface area contributed by atoms with Crippen LogP contribution in [0.15, 0.2) is 29.6 Å². The van der Waals surface area contributed by atoms with Gasteiger partial charge in [0.25, 0.3) is 5.91 Å². The lowest BCUT2D eigenvalue weighted by Gasteiger charge is -2.08. The van der Waals surface area contributed by atoms with Gasteiger partial charge in [0, 0.05) is 23.2 Å². The van der Waals surface area contributed by atoms with E-state index in [1.807, 2.05) is 36.6 Å². The minimum atomic E-state index is -0.0684. The van der Waals surface area contributed by atoms with Gasteiger partial charge in [0.1, 0.15) is 10.8 Å². The minimum absolute atomic E-state index is 0.0590. The van der Waals surface area contributed by atoms with Gasteiger partial charge in [-0.1, -0.05) is 26.2 Å². The van der Waals surface area contributed by atoms with Crippen LogP contribution >= 0.6 is 11.3 Å². The van der Waals surface area contributed by atoms with E-state index in [-0.39, 0.29) is 12.5 Å². The molecule has 5 heteroatoms. The fourth-order valence-corrected chi connectivity index (χ4v) is 2.96. The van der Waals surface area contributed by atoms with E-state index in [0.29, 0.717) is 5.75 Å². The Morgan fingerprint density at radius 1 is 1.22 bits per heavy atom. The Labute approximate surface area is 141 Å². The molecule has 0 aliphatic carbocycles. The lowest BCUT2D eigenvalue weighted by Crippen LogP contribution is -2.29. The predicted octanol–water partition coefficient (Wildman–Crippen LogP) is 4.19. The van der Waals surface area contributed by atoms with Crippen molar-refractivity contribution in [2.45, 2.75) is 39.5 Å². The van der Waals surface area contributed by atoms with Crippen molar-refractivity contribution in [3.8, 4) is 16.3 Å². The summed E-state index contributed by atoms with van der Waals surface area (Å²) in [6.45, 7) is 4.94. The smallest absolute Gasteiger partial charge is 0.257 e. The van der Waals surface area contributed by atoms with E-state index in [4.69, 9.17) is 4.74 Å². The van der Waals surface area contributed by atoms with Crippen LogP contribution in [0.3, 0.4) is 0 Å². The van der Waals surface area contributed by atoms with Gasteiger partial charge in [-0.3, -0.25) is 4.79 Å². The van der Waals surface area contributed by atoms with Crippen LogP contribution in [0, 0.1) is 6.92 Å². The molecule has 124 valence electrons. The van der Waals surface area contributed by atoms with Crippen molar-refractivity contribution >= 4 is 17.2 Å². The third-order valence-electron chi connectivity index (χ3n) is 3.44. The van der Waals surface area contributed by atoms with Gasteiger partial charge in [-0.25, -0.2) is 4.98 Å². The van der Waals surface area contributed by atoms with Crippen LogP contribution < -0.4 is 10.1 Å². The van der Waals surface area contributed by atoms with Crippen molar-refractivity contribution in [2.75, 3.05) is 13.2 Å². The summed E-state index contributed by atoms with van der Waals surface area (Å²) >= 11 is 1.63. The number of benzene rings is 1. The Morgan fingerprint density at radius 2 is 2.00 bits per heavy atom. The summed E-state index contributed by atoms with van der Waals surface area (Å²) in [5.74, 6) is 0.629. The van der Waals surface area contributed by atoms with Gasteiger partial charge in [-0.15, -0.1) is 11.3 Å². The number of amides is 1. The molecule has 23 heavy (non-hydrogen) atoms. The molecule has 2 aromatic rings. The van der Waals surface area contributed by atoms with Crippen LogP contribution in [0.4, 0.5) is 0 Å². The van der Waals surface area contributed by atoms with Crippen LogP contribution in [0.5, 0.6) is 5.75 Å². The van der Waals surface area contributed by atoms with Crippen LogP contribution in [0.2, 0.25) is 0 Å². The summed E-state index contributed by atoms with van der Waals surface area (Å²) in [6, 6.07) is 7.69. The van der Waals surface area contributed by atoms with E-state index in [1.54, 1.807) is 11.3 Å². The molecule has 0 fully saturated rings. The van der Waals surface area contributed by atoms with Gasteiger partial charge in [-0.05, 0) is 37.6 Å². The van der Waals surface area contributed by atoms with E-state index >= 15 is 0 Å². The molecule has 0 atom stereocenters. The normalized spacial score (nSPS) is 10.5. The molecule has 0 aliphatic rings. The highest BCUT2D eigenvalue weighted by Gasteiger charge is 2.05. The van der Waals surface area contributed by atoms with Gasteiger partial charge in [-0.2, -0.15) is 0 Å². The fraction of sp³-hybridized carbons (Fsp3) is 0.444. The monoisotopic (exact) mass is 332 g/mol. The van der Waals surface area contributed by atoms with Crippen molar-refractivity contribution in [2.24, 2.45) is 0 Å². The molecule has 0 saturated carbocycles. The summed E-state index contributed by atoms with van der Waals surface area (Å²) < 4.78 is 5.51. The van der Waals surface area contributed by atoms with Crippen LogP contribution in [0.1, 0.15) is 38.3 Å². The Balaban J connectivity index is 1.72. The lowest BCUT2D eigenvalue weighted by molar-refractivity contribution is -0.123. The minimum Gasteiger partial charge on any atom is -0.484 e. The largest absolute Gasteiger partial charge is 0.484 e. The molecular formula is C18H24N2O2S. The number of thiazole rings is 1. The zero-order valence-corrected chi connectivity index (χ0v) is 14.6. The SMILES string of the molecule is CCCCCCNC(=O)COc1ccc(-c2nc(C)cs2)cc1. The molecule has 0 unspecified atom stereocenters. The summed E-state index contributed by atoms with van der Waals surface area (Å²) in [6.07, 6.45) is 4.61. The number of hydrogen-bond donors (Lipinski definition) is 1. The van der Waals surface area contributed by atoms with E-state index in [9.17, 15) is 4.79 Å². The van der Waals surface area contributed by atoms with E-state index in [2.05, 4.69) is 17.2 Å². The topological polar surface area (TPSA) is 51.2 Å². The predicted molar refractivity (Wildman–Crippen MR) is 94.9 cm³/mol. The zero-order valence-electron chi connectivity index (χ0n) is 13.8. The fourth-order valence-electron chi connectivity index (χ4n) is 2.16. The number of unbranched alkanes of at least 4 members (excludes halogenated alkanes) is 3. The molecule has 0 radical (unpaired) electrons. The maximum absolute atomic E-state index is 11.7. The van der Waals surface area contributed by atoms with Gasteiger partial charge in [0.2, 0.25) is 0 Å². The molecule has 4 nitrogen and oxygen atoms in total. The van der Waals surface area contributed by atoms with Crippen molar-refractivity contribution < 1.29 is 9.53 Å². The molecule has 1 aromatic carbocycles. The maximum atomic E-state index is 11.7. The van der Waals surface area contributed by atoms with E-state index in [1.165, 1.54) is 12.8 Å². The van der Waals surface area contributed by atoms with Crippen LogP contribution in [0.25, 0.3) is 10.6 Å². The number of nitrogens with one attached hydrogen (secondary N) is 1. The van der Waals surface area contributed by atoms with Gasteiger partial charge >= 0.3 is 0 Å². The van der Waals surface area contributed by atoms with Gasteiger partial charge in [0.05, 0.1) is 0 Å². The number of carbonyl (C=O) groups is 1. The van der Waals surface area contributed by atoms with Crippen LogP contribution in [-0.2, 0) is 4.79 Å². The highest BCUT2D eigenvalue weighted by atomic mass is 32.1. The first-order valence-corrected chi connectivity index (χ1v) is 8.99. The molecule has 0 bridgehead atoms. The molecule has 1 heterocycles. The number of aryl methyl sites for hydroxylation is 1. The third kappa shape index (κ3) is 6.02. The second-order valence-electron chi connectivity index (χ2n) is 5.52. The molecule has 1 N–H and O–H groups in total. The van der Waals surface area contributed by atoms with Crippen molar-refractivity contribution in [3.63, 3.8) is 0 Å². The standard InChI is InChI=1S/C18H24N2O2S/c1-3-4-5-6-11-19-17(21)12-22-16-9-7-15(8-10-16)18-20-14(2)13-23-18/h7-10,13H,3-6,11-12H2,1-2H3,(H,19,21). The number of carbonyl (C=O) groups excluding carboxylic acids is 1. The zero-order chi connectivity index (χ0) is 16.5. The number of hydrogen-bond acceptors (Lipinski definition) is 4. The Morgan fingerprint density at radius 3 is 2.65 bits per heavy atom. The van der Waals surface area contributed by atoms with Gasteiger partial charge in [0.15, 0.2) is 6.61 Å². The first-order chi connectivity index (χ1) is 11.2. The van der Waals surface area contributed by atoms with Crippen molar-refractivity contribution in [1.82, 2.24) is 10.3 Å². The second kappa shape index (κ2) is 9.30. The number of aromatic nitrogens is 1. The quantitative estimate of drug-likeness (QED) is 0.700. The summed E-state index contributed by atoms with van der Waals surface area (Å²) in [4.78, 5) is 16.1. The van der Waals surface area contributed by atoms with Crippen molar-refractivity contribution in [3.05, 3.63) is 35.3 Å².